The van der Waals surface area contributed by atoms with Crippen molar-refractivity contribution in [2.75, 3.05) is 19.8 Å². The standard InChI is InChI=1S/C43H76O16/c1-12-21(2)13-22(3)14-27(8)40(59-43-39(54)38(53)37(52)33(57-43)20-56-30(11)46)28(9)16-25(6)34(49)23(4)15-24(5)35(50)26(7)17-29(10)42(55)58-41(32(48)19-45)36(51)31(47)18-44/h15-17,21-23,26-28,31-41,43-45,47-54H,12-14,18-20H2,1-11H3/b24-15+,25-16+,29-17+/t21-,22-,23-,26-,27-,28-,31+,32+,33+,34+,35-,36+,37+,38-,39-,40-,41+,43-/m0/s1. The lowest BCUT2D eigenvalue weighted by Gasteiger charge is -2.43. The molecule has 1 saturated heterocycles. The Morgan fingerprint density at radius 3 is 1.71 bits per heavy atom. The molecule has 1 rings (SSSR count). The van der Waals surface area contributed by atoms with Crippen molar-refractivity contribution < 1.29 is 79.6 Å². The van der Waals surface area contributed by atoms with Crippen molar-refractivity contribution in [3.05, 3.63) is 34.9 Å². The van der Waals surface area contributed by atoms with E-state index in [0.717, 1.165) is 19.3 Å². The number of esters is 2. The van der Waals surface area contributed by atoms with E-state index in [0.29, 0.717) is 23.0 Å². The van der Waals surface area contributed by atoms with Crippen LogP contribution in [-0.2, 0) is 28.5 Å². The van der Waals surface area contributed by atoms with E-state index in [-0.39, 0.29) is 24.0 Å². The van der Waals surface area contributed by atoms with E-state index in [1.807, 2.05) is 19.9 Å². The summed E-state index contributed by atoms with van der Waals surface area (Å²) >= 11 is 0. The van der Waals surface area contributed by atoms with Crippen LogP contribution in [0.5, 0.6) is 0 Å². The van der Waals surface area contributed by atoms with Crippen LogP contribution in [0.25, 0.3) is 0 Å². The molecule has 1 fully saturated rings. The quantitative estimate of drug-likeness (QED) is 0.0352. The SMILES string of the molecule is CC[C@H](C)C[C@H](C)C[C@H](C)[C@H](O[C@@H]1O[C@H](COC(C)=O)[C@@H](O)[C@H](O)[C@@H]1O)[C@@H](C)/C=C(\C)[C@H](O)[C@@H](C)/C=C(\C)[C@H](O)[C@@H](C)/C=C(\C)C(=O)O[C@@H]([C@H](O)[C@H](O)CO)[C@H](O)CO. The Hall–Kier alpha value is -2.32. The fourth-order valence-electron chi connectivity index (χ4n) is 7.63. The van der Waals surface area contributed by atoms with Crippen molar-refractivity contribution >= 4 is 11.9 Å². The maximum atomic E-state index is 12.8. The second kappa shape index (κ2) is 26.2. The average molecular weight is 849 g/mol. The zero-order valence-corrected chi connectivity index (χ0v) is 36.8. The number of hydrogen-bond donors (Lipinski definition) is 10. The largest absolute Gasteiger partial charge is 0.463 e. The molecule has 1 heterocycles. The first-order valence-corrected chi connectivity index (χ1v) is 20.8. The van der Waals surface area contributed by atoms with Gasteiger partial charge in [0.15, 0.2) is 12.4 Å². The van der Waals surface area contributed by atoms with Gasteiger partial charge in [-0.25, -0.2) is 4.79 Å². The normalized spacial score (nSPS) is 27.5. The second-order valence-corrected chi connectivity index (χ2v) is 17.0. The Bertz CT molecular complexity index is 1350. The molecular weight excluding hydrogens is 772 g/mol. The number of carbonyl (C=O) groups is 2. The first-order chi connectivity index (χ1) is 27.4. The highest BCUT2D eigenvalue weighted by Gasteiger charge is 2.46. The van der Waals surface area contributed by atoms with Crippen LogP contribution in [0.3, 0.4) is 0 Å². The second-order valence-electron chi connectivity index (χ2n) is 17.0. The minimum Gasteiger partial charge on any atom is -0.463 e. The molecule has 0 aromatic heterocycles. The van der Waals surface area contributed by atoms with Crippen LogP contribution in [-0.4, -0.2) is 156 Å². The zero-order valence-electron chi connectivity index (χ0n) is 36.8. The molecule has 0 aromatic carbocycles. The maximum Gasteiger partial charge on any atom is 0.333 e. The molecule has 0 aliphatic carbocycles. The van der Waals surface area contributed by atoms with Gasteiger partial charge in [0.2, 0.25) is 0 Å². The van der Waals surface area contributed by atoms with Crippen molar-refractivity contribution in [2.45, 2.75) is 169 Å². The third kappa shape index (κ3) is 17.2. The molecule has 10 N–H and O–H groups in total. The smallest absolute Gasteiger partial charge is 0.333 e. The molecule has 0 bridgehead atoms. The van der Waals surface area contributed by atoms with Crippen molar-refractivity contribution in [3.8, 4) is 0 Å². The number of carbonyl (C=O) groups excluding carboxylic acids is 2. The summed E-state index contributed by atoms with van der Waals surface area (Å²) in [5.74, 6) is -2.35. The summed E-state index contributed by atoms with van der Waals surface area (Å²) in [4.78, 5) is 24.3. The predicted molar refractivity (Wildman–Crippen MR) is 218 cm³/mol. The van der Waals surface area contributed by atoms with Crippen LogP contribution in [0.15, 0.2) is 34.9 Å². The monoisotopic (exact) mass is 849 g/mol. The van der Waals surface area contributed by atoms with Crippen LogP contribution in [0.4, 0.5) is 0 Å². The number of aliphatic hydroxyl groups excluding tert-OH is 10. The van der Waals surface area contributed by atoms with E-state index in [2.05, 4.69) is 20.8 Å². The topological polar surface area (TPSA) is 273 Å². The van der Waals surface area contributed by atoms with Gasteiger partial charge in [0, 0.05) is 30.3 Å². The highest BCUT2D eigenvalue weighted by atomic mass is 16.7. The molecule has 16 nitrogen and oxygen atoms in total. The van der Waals surface area contributed by atoms with Gasteiger partial charge in [-0.3, -0.25) is 4.79 Å². The molecule has 1 aliphatic rings. The number of hydrogen-bond acceptors (Lipinski definition) is 16. The molecule has 344 valence electrons. The Balaban J connectivity index is 3.28. The third-order valence-electron chi connectivity index (χ3n) is 11.3. The molecule has 1 aliphatic heterocycles. The summed E-state index contributed by atoms with van der Waals surface area (Å²) in [5.41, 5.74) is 1.10. The summed E-state index contributed by atoms with van der Waals surface area (Å²) in [6, 6.07) is 0. The lowest BCUT2D eigenvalue weighted by molar-refractivity contribution is -0.317. The van der Waals surface area contributed by atoms with Gasteiger partial charge >= 0.3 is 11.9 Å². The minimum absolute atomic E-state index is 0.00282. The maximum absolute atomic E-state index is 12.8. The van der Waals surface area contributed by atoms with Gasteiger partial charge < -0.3 is 70.0 Å². The van der Waals surface area contributed by atoms with E-state index in [1.165, 1.54) is 19.9 Å². The molecule has 0 unspecified atom stereocenters. The van der Waals surface area contributed by atoms with Gasteiger partial charge in [0.25, 0.3) is 0 Å². The Morgan fingerprint density at radius 1 is 0.678 bits per heavy atom. The van der Waals surface area contributed by atoms with Crippen molar-refractivity contribution in [3.63, 3.8) is 0 Å². The number of aliphatic hydroxyl groups is 10. The highest BCUT2D eigenvalue weighted by Crippen LogP contribution is 2.33. The van der Waals surface area contributed by atoms with Crippen LogP contribution >= 0.6 is 0 Å². The van der Waals surface area contributed by atoms with E-state index >= 15 is 0 Å². The fraction of sp³-hybridized carbons (Fsp3) is 0.814. The van der Waals surface area contributed by atoms with E-state index in [1.54, 1.807) is 33.8 Å². The van der Waals surface area contributed by atoms with Gasteiger partial charge in [-0.2, -0.15) is 0 Å². The molecular formula is C43H76O16. The molecule has 0 aromatic rings. The minimum atomic E-state index is -1.89. The van der Waals surface area contributed by atoms with Crippen LogP contribution in [0, 0.1) is 35.5 Å². The van der Waals surface area contributed by atoms with Crippen LogP contribution in [0.1, 0.15) is 95.4 Å². The summed E-state index contributed by atoms with van der Waals surface area (Å²) in [5, 5.41) is 103. The summed E-state index contributed by atoms with van der Waals surface area (Å²) in [6.45, 7) is 17.8. The fourth-order valence-corrected chi connectivity index (χ4v) is 7.63. The molecule has 0 spiro atoms. The van der Waals surface area contributed by atoms with E-state index in [4.69, 9.17) is 24.1 Å². The predicted octanol–water partition coefficient (Wildman–Crippen LogP) is 1.29. The lowest BCUT2D eigenvalue weighted by atomic mass is 9.82. The highest BCUT2D eigenvalue weighted by molar-refractivity contribution is 5.88. The lowest BCUT2D eigenvalue weighted by Crippen LogP contribution is -2.60. The Labute approximate surface area is 350 Å². The summed E-state index contributed by atoms with van der Waals surface area (Å²) in [7, 11) is 0. The van der Waals surface area contributed by atoms with Gasteiger partial charge in [0.05, 0.1) is 31.5 Å². The van der Waals surface area contributed by atoms with Crippen molar-refractivity contribution in [1.29, 1.82) is 0 Å². The molecule has 16 heteroatoms. The first-order valence-electron chi connectivity index (χ1n) is 20.8. The summed E-state index contributed by atoms with van der Waals surface area (Å²) in [6.07, 6.45) is -9.28. The van der Waals surface area contributed by atoms with Gasteiger partial charge in [0.1, 0.15) is 49.3 Å². The molecule has 0 radical (unpaired) electrons. The van der Waals surface area contributed by atoms with Crippen molar-refractivity contribution in [1.82, 2.24) is 0 Å². The van der Waals surface area contributed by atoms with Gasteiger partial charge in [-0.15, -0.1) is 0 Å². The molecule has 18 atom stereocenters. The molecule has 59 heavy (non-hydrogen) atoms. The Morgan fingerprint density at radius 2 is 1.20 bits per heavy atom. The van der Waals surface area contributed by atoms with E-state index < -0.39 is 110 Å². The van der Waals surface area contributed by atoms with Crippen LogP contribution in [0.2, 0.25) is 0 Å². The average Bonchev–Trinajstić information content (AvgIpc) is 3.18. The van der Waals surface area contributed by atoms with Gasteiger partial charge in [-0.1, -0.05) is 73.1 Å². The van der Waals surface area contributed by atoms with Crippen molar-refractivity contribution in [2.24, 2.45) is 35.5 Å². The van der Waals surface area contributed by atoms with Gasteiger partial charge in [-0.05, 0) is 62.5 Å². The first kappa shape index (κ1) is 54.7. The number of ether oxygens (including phenoxy) is 4. The van der Waals surface area contributed by atoms with E-state index in [9.17, 15) is 55.5 Å². The summed E-state index contributed by atoms with van der Waals surface area (Å²) < 4.78 is 22.5. The third-order valence-corrected chi connectivity index (χ3v) is 11.3. The molecule has 0 amide bonds. The zero-order chi connectivity index (χ0) is 45.5. The Kier molecular flexibility index (Phi) is 24.3. The molecule has 0 saturated carbocycles. The number of rotatable bonds is 25. The van der Waals surface area contributed by atoms with Crippen LogP contribution < -0.4 is 0 Å².